The molecule has 0 aliphatic rings. The summed E-state index contributed by atoms with van der Waals surface area (Å²) >= 11 is 0. The van der Waals surface area contributed by atoms with E-state index in [1.165, 1.54) is 28.5 Å². The van der Waals surface area contributed by atoms with Gasteiger partial charge in [-0.05, 0) is 0 Å². The molecular formula is C31H34NO2P. The Morgan fingerprint density at radius 3 is 1.66 bits per heavy atom. The molecule has 0 unspecified atom stereocenters. The third-order valence-corrected chi connectivity index (χ3v) is 11.7. The Labute approximate surface area is 209 Å². The van der Waals surface area contributed by atoms with E-state index < -0.39 is 13.2 Å². The van der Waals surface area contributed by atoms with Crippen LogP contribution in [0.3, 0.4) is 0 Å². The minimum atomic E-state index is -2.14. The summed E-state index contributed by atoms with van der Waals surface area (Å²) in [7, 11) is -2.14. The van der Waals surface area contributed by atoms with E-state index in [1.54, 1.807) is 18.2 Å². The Morgan fingerprint density at radius 1 is 0.629 bits per heavy atom. The number of ether oxygens (including phenoxy) is 1. The number of carbonyl (C=O) groups is 1. The van der Waals surface area contributed by atoms with E-state index in [0.29, 0.717) is 17.9 Å². The number of unbranched alkanes of at least 4 members (excludes halogenated alkanes) is 3. The van der Waals surface area contributed by atoms with Crippen molar-refractivity contribution in [2.75, 3.05) is 12.8 Å². The van der Waals surface area contributed by atoms with Crippen molar-refractivity contribution in [1.29, 1.82) is 0 Å². The molecule has 0 saturated carbocycles. The van der Waals surface area contributed by atoms with Crippen LogP contribution in [0, 0.1) is 0 Å². The monoisotopic (exact) mass is 483 g/mol. The zero-order valence-corrected chi connectivity index (χ0v) is 21.1. The molecule has 1 amide bonds. The molecule has 35 heavy (non-hydrogen) atoms. The van der Waals surface area contributed by atoms with E-state index in [4.69, 9.17) is 10.5 Å². The van der Waals surface area contributed by atoms with Gasteiger partial charge in [-0.2, -0.15) is 0 Å². The van der Waals surface area contributed by atoms with Gasteiger partial charge in [0.1, 0.15) is 0 Å². The van der Waals surface area contributed by atoms with Gasteiger partial charge in [-0.3, -0.25) is 0 Å². The first kappa shape index (κ1) is 24.7. The molecule has 0 bridgehead atoms. The molecule has 0 radical (unpaired) electrons. The normalized spacial score (nSPS) is 11.7. The number of hydrogen-bond donors (Lipinski definition) is 1. The molecular weight excluding hydrogens is 449 g/mol. The van der Waals surface area contributed by atoms with Gasteiger partial charge < -0.3 is 0 Å². The van der Waals surface area contributed by atoms with Gasteiger partial charge in [0.25, 0.3) is 0 Å². The molecule has 0 atom stereocenters. The average molecular weight is 484 g/mol. The average Bonchev–Trinajstić information content (AvgIpc) is 2.92. The zero-order valence-electron chi connectivity index (χ0n) is 20.1. The molecule has 0 aliphatic heterocycles. The molecule has 180 valence electrons. The first-order chi connectivity index (χ1) is 17.2. The second-order valence-corrected chi connectivity index (χ2v) is 13.0. The topological polar surface area (TPSA) is 52.3 Å². The molecule has 4 aromatic carbocycles. The van der Waals surface area contributed by atoms with Crippen LogP contribution in [0.4, 0.5) is 0 Å². The third-order valence-electron chi connectivity index (χ3n) is 6.63. The summed E-state index contributed by atoms with van der Waals surface area (Å²) in [4.78, 5) is 11.4. The Balaban J connectivity index is 1.42. The molecule has 0 fully saturated rings. The second-order valence-electron chi connectivity index (χ2n) is 8.91. The van der Waals surface area contributed by atoms with Crippen molar-refractivity contribution in [3.63, 3.8) is 0 Å². The van der Waals surface area contributed by atoms with Gasteiger partial charge in [-0.15, -0.1) is 0 Å². The molecule has 4 rings (SSSR count). The summed E-state index contributed by atoms with van der Waals surface area (Å²) in [5, 5.41) is 4.40. The summed E-state index contributed by atoms with van der Waals surface area (Å²) in [6.07, 6.45) is 5.59. The predicted octanol–water partition coefficient (Wildman–Crippen LogP) is 5.45. The van der Waals surface area contributed by atoms with Crippen LogP contribution >= 0.6 is 7.26 Å². The fourth-order valence-electron chi connectivity index (χ4n) is 4.88. The number of primary amides is 1. The van der Waals surface area contributed by atoms with E-state index in [0.717, 1.165) is 19.3 Å². The van der Waals surface area contributed by atoms with E-state index in [9.17, 15) is 4.79 Å². The second kappa shape index (κ2) is 12.3. The van der Waals surface area contributed by atoms with Crippen LogP contribution in [0.1, 0.15) is 36.0 Å². The first-order valence-corrected chi connectivity index (χ1v) is 14.6. The molecule has 4 aromatic rings. The van der Waals surface area contributed by atoms with Crippen molar-refractivity contribution in [3.8, 4) is 5.75 Å². The van der Waals surface area contributed by atoms with Crippen molar-refractivity contribution < 1.29 is 9.53 Å². The molecule has 0 aliphatic carbocycles. The van der Waals surface area contributed by atoms with Crippen molar-refractivity contribution in [3.05, 3.63) is 121 Å². The van der Waals surface area contributed by atoms with E-state index in [2.05, 4.69) is 91.0 Å². The van der Waals surface area contributed by atoms with Gasteiger partial charge >= 0.3 is 209 Å². The predicted molar refractivity (Wildman–Crippen MR) is 150 cm³/mol. The van der Waals surface area contributed by atoms with Gasteiger partial charge in [-0.25, -0.2) is 0 Å². The van der Waals surface area contributed by atoms with Crippen molar-refractivity contribution >= 4 is 29.1 Å². The molecule has 0 saturated heterocycles. The van der Waals surface area contributed by atoms with Crippen LogP contribution in [0.2, 0.25) is 0 Å². The summed E-state index contributed by atoms with van der Waals surface area (Å²) < 4.78 is 5.85. The summed E-state index contributed by atoms with van der Waals surface area (Å²) in [6.45, 7) is 0.640. The van der Waals surface area contributed by atoms with Crippen molar-refractivity contribution in [2.24, 2.45) is 5.73 Å². The van der Waals surface area contributed by atoms with Crippen LogP contribution in [-0.2, 0) is 0 Å². The summed E-state index contributed by atoms with van der Waals surface area (Å²) in [6, 6.07) is 40.4. The molecule has 0 heterocycles. The van der Waals surface area contributed by atoms with Crippen LogP contribution < -0.4 is 26.4 Å². The van der Waals surface area contributed by atoms with Crippen LogP contribution in [0.15, 0.2) is 115 Å². The molecule has 3 nitrogen and oxygen atoms in total. The van der Waals surface area contributed by atoms with Crippen molar-refractivity contribution in [2.45, 2.75) is 25.7 Å². The van der Waals surface area contributed by atoms with E-state index >= 15 is 0 Å². The van der Waals surface area contributed by atoms with E-state index in [-0.39, 0.29) is 0 Å². The first-order valence-electron chi connectivity index (χ1n) is 12.4. The van der Waals surface area contributed by atoms with Crippen molar-refractivity contribution in [1.82, 2.24) is 0 Å². The standard InChI is InChI=1S/C31H34NO2P/c32-31(33)26-15-14-16-27(25-26)34-23-12-1-2-13-24-35(28-17-6-3-7-18-28,29-19-8-4-9-20-29)30-21-10-5-11-22-30/h3-11,14-22,25,35H,1-2,12-13,23-24H2,(H2,32,33). The molecule has 4 heteroatoms. The number of carbonyl (C=O) groups excluding carboxylic acids is 1. The Kier molecular flexibility index (Phi) is 8.70. The maximum absolute atomic E-state index is 11.4. The van der Waals surface area contributed by atoms with E-state index in [1.807, 2.05) is 6.07 Å². The van der Waals surface area contributed by atoms with Crippen LogP contribution in [0.25, 0.3) is 0 Å². The number of benzene rings is 4. The minimum absolute atomic E-state index is 0.432. The van der Waals surface area contributed by atoms with Gasteiger partial charge in [0.15, 0.2) is 0 Å². The fraction of sp³-hybridized carbons (Fsp3) is 0.194. The third kappa shape index (κ3) is 6.18. The summed E-state index contributed by atoms with van der Waals surface area (Å²) in [5.74, 6) is 0.267. The number of rotatable bonds is 12. The van der Waals surface area contributed by atoms with Crippen LogP contribution in [0.5, 0.6) is 5.75 Å². The number of hydrogen-bond acceptors (Lipinski definition) is 2. The Bertz CT molecular complexity index is 1100. The quantitative estimate of drug-likeness (QED) is 0.215. The molecule has 0 spiro atoms. The Hall–Kier alpha value is -3.42. The van der Waals surface area contributed by atoms with Gasteiger partial charge in [0.05, 0.1) is 0 Å². The fourth-order valence-corrected chi connectivity index (χ4v) is 9.81. The Morgan fingerprint density at radius 2 is 1.14 bits per heavy atom. The van der Waals surface area contributed by atoms with Gasteiger partial charge in [0.2, 0.25) is 0 Å². The number of amides is 1. The summed E-state index contributed by atoms with van der Waals surface area (Å²) in [5.41, 5.74) is 5.84. The van der Waals surface area contributed by atoms with Gasteiger partial charge in [0, 0.05) is 0 Å². The number of nitrogens with two attached hydrogens (primary N) is 1. The SMILES string of the molecule is NC(=O)c1cccc(OCCCCCC[PH](c2ccccc2)(c2ccccc2)c2ccccc2)c1. The molecule has 2 N–H and O–H groups in total. The zero-order chi connectivity index (χ0) is 24.3. The molecule has 0 aromatic heterocycles. The van der Waals surface area contributed by atoms with Crippen LogP contribution in [-0.4, -0.2) is 18.7 Å². The van der Waals surface area contributed by atoms with Gasteiger partial charge in [-0.1, -0.05) is 0 Å². The maximum atomic E-state index is 11.4.